The number of carbonyl (C=O) groups is 1. The second kappa shape index (κ2) is 5.84. The highest BCUT2D eigenvalue weighted by molar-refractivity contribution is 5.81. The second-order valence-corrected chi connectivity index (χ2v) is 2.94. The van der Waals surface area contributed by atoms with Gasteiger partial charge in [-0.1, -0.05) is 30.3 Å². The number of hydrogen-bond acceptors (Lipinski definition) is 2. The summed E-state index contributed by atoms with van der Waals surface area (Å²) >= 11 is 0. The van der Waals surface area contributed by atoms with Crippen molar-refractivity contribution in [2.24, 2.45) is 4.99 Å². The summed E-state index contributed by atoms with van der Waals surface area (Å²) in [5.74, 6) is -0.393. The fourth-order valence-electron chi connectivity index (χ4n) is 1.20. The minimum absolute atomic E-state index is 0.310. The van der Waals surface area contributed by atoms with Crippen LogP contribution in [0.3, 0.4) is 0 Å². The van der Waals surface area contributed by atoms with E-state index in [9.17, 15) is 9.59 Å². The molecule has 0 atom stereocenters. The van der Waals surface area contributed by atoms with Gasteiger partial charge in [0.1, 0.15) is 0 Å². The van der Waals surface area contributed by atoms with Gasteiger partial charge in [-0.2, -0.15) is 0 Å². The molecule has 0 aliphatic heterocycles. The van der Waals surface area contributed by atoms with E-state index in [-0.39, 0.29) is 0 Å². The van der Waals surface area contributed by atoms with Crippen molar-refractivity contribution < 1.29 is 9.59 Å². The van der Waals surface area contributed by atoms with Crippen LogP contribution >= 0.6 is 0 Å². The molecule has 1 aromatic rings. The van der Waals surface area contributed by atoms with E-state index in [1.54, 1.807) is 0 Å². The summed E-state index contributed by atoms with van der Waals surface area (Å²) in [6, 6.07) is 9.88. The minimum Gasteiger partial charge on any atom is -0.272 e. The van der Waals surface area contributed by atoms with E-state index in [1.165, 1.54) is 11.6 Å². The average molecular weight is 189 g/mol. The van der Waals surface area contributed by atoms with Crippen molar-refractivity contribution in [2.45, 2.75) is 19.3 Å². The number of aryl methyl sites for hydroxylation is 1. The molecular formula is C11H11NO2. The Labute approximate surface area is 82.5 Å². The molecule has 0 saturated heterocycles. The Kier molecular flexibility index (Phi) is 4.32. The zero-order chi connectivity index (χ0) is 10.2. The van der Waals surface area contributed by atoms with Crippen molar-refractivity contribution in [3.8, 4) is 0 Å². The maximum absolute atomic E-state index is 10.8. The molecule has 3 nitrogen and oxygen atoms in total. The van der Waals surface area contributed by atoms with Gasteiger partial charge >= 0.3 is 0 Å². The normalized spacial score (nSPS) is 9.14. The molecule has 1 aromatic carbocycles. The standard InChI is InChI=1S/C11H11NO2/c13-9-12-11(14)8-4-7-10-5-2-1-3-6-10/h1-3,5-6H,4,7-8H2. The lowest BCUT2D eigenvalue weighted by atomic mass is 10.1. The van der Waals surface area contributed by atoms with Gasteiger partial charge in [-0.15, -0.1) is 4.99 Å². The number of nitrogens with zero attached hydrogens (tertiary/aromatic N) is 1. The molecule has 0 aliphatic carbocycles. The first-order chi connectivity index (χ1) is 6.83. The summed E-state index contributed by atoms with van der Waals surface area (Å²) in [7, 11) is 0. The number of rotatable bonds is 4. The number of aliphatic imine (C=N–C) groups is 1. The molecule has 0 unspecified atom stereocenters. The zero-order valence-corrected chi connectivity index (χ0v) is 7.77. The number of benzene rings is 1. The van der Waals surface area contributed by atoms with Crippen LogP contribution in [0.2, 0.25) is 0 Å². The average Bonchev–Trinajstić information content (AvgIpc) is 2.20. The fraction of sp³-hybridized carbons (Fsp3) is 0.273. The highest BCUT2D eigenvalue weighted by Gasteiger charge is 1.98. The first-order valence-corrected chi connectivity index (χ1v) is 4.47. The molecule has 1 rings (SSSR count). The van der Waals surface area contributed by atoms with Gasteiger partial charge in [0, 0.05) is 6.42 Å². The first-order valence-electron chi connectivity index (χ1n) is 4.47. The van der Waals surface area contributed by atoms with Crippen molar-refractivity contribution in [3.63, 3.8) is 0 Å². The largest absolute Gasteiger partial charge is 0.272 e. The van der Waals surface area contributed by atoms with Gasteiger partial charge in [0.2, 0.25) is 6.08 Å². The molecule has 0 bridgehead atoms. The van der Waals surface area contributed by atoms with Gasteiger partial charge in [-0.3, -0.25) is 4.79 Å². The predicted molar refractivity (Wildman–Crippen MR) is 52.5 cm³/mol. The summed E-state index contributed by atoms with van der Waals surface area (Å²) < 4.78 is 0. The van der Waals surface area contributed by atoms with E-state index in [4.69, 9.17) is 0 Å². The smallest absolute Gasteiger partial charge is 0.256 e. The second-order valence-electron chi connectivity index (χ2n) is 2.94. The third kappa shape index (κ3) is 3.78. The molecule has 3 heteroatoms. The summed E-state index contributed by atoms with van der Waals surface area (Å²) in [6.07, 6.45) is 3.10. The van der Waals surface area contributed by atoms with E-state index in [1.807, 2.05) is 30.3 Å². The van der Waals surface area contributed by atoms with Gasteiger partial charge in [0.25, 0.3) is 5.91 Å². The van der Waals surface area contributed by atoms with Crippen molar-refractivity contribution in [1.29, 1.82) is 0 Å². The third-order valence-electron chi connectivity index (χ3n) is 1.87. The quantitative estimate of drug-likeness (QED) is 0.536. The van der Waals surface area contributed by atoms with E-state index in [0.29, 0.717) is 12.8 Å². The molecule has 0 heterocycles. The Morgan fingerprint density at radius 1 is 1.29 bits per heavy atom. The van der Waals surface area contributed by atoms with Crippen LogP contribution in [0, 0.1) is 0 Å². The van der Waals surface area contributed by atoms with Crippen molar-refractivity contribution in [2.75, 3.05) is 0 Å². The highest BCUT2D eigenvalue weighted by Crippen LogP contribution is 2.04. The summed E-state index contributed by atoms with van der Waals surface area (Å²) in [6.45, 7) is 0. The van der Waals surface area contributed by atoms with Crippen LogP contribution < -0.4 is 0 Å². The van der Waals surface area contributed by atoms with Gasteiger partial charge in [-0.05, 0) is 18.4 Å². The van der Waals surface area contributed by atoms with Gasteiger partial charge < -0.3 is 0 Å². The lowest BCUT2D eigenvalue weighted by Crippen LogP contribution is -1.94. The van der Waals surface area contributed by atoms with Gasteiger partial charge in [-0.25, -0.2) is 4.79 Å². The van der Waals surface area contributed by atoms with Crippen LogP contribution in [-0.2, 0) is 16.0 Å². The SMILES string of the molecule is O=C=NC(=O)CCCc1ccccc1. The Hall–Kier alpha value is -1.73. The van der Waals surface area contributed by atoms with Crippen molar-refractivity contribution in [3.05, 3.63) is 35.9 Å². The van der Waals surface area contributed by atoms with Crippen molar-refractivity contribution >= 4 is 12.0 Å². The molecule has 0 radical (unpaired) electrons. The monoisotopic (exact) mass is 189 g/mol. The van der Waals surface area contributed by atoms with Crippen molar-refractivity contribution in [1.82, 2.24) is 0 Å². The Morgan fingerprint density at radius 3 is 2.64 bits per heavy atom. The minimum atomic E-state index is -0.393. The molecule has 1 amide bonds. The van der Waals surface area contributed by atoms with E-state index in [0.717, 1.165) is 6.42 Å². The Morgan fingerprint density at radius 2 is 2.00 bits per heavy atom. The number of amides is 1. The molecule has 0 N–H and O–H groups in total. The van der Waals surface area contributed by atoms with Crippen LogP contribution in [-0.4, -0.2) is 12.0 Å². The third-order valence-corrected chi connectivity index (χ3v) is 1.87. The molecule has 0 spiro atoms. The number of hydrogen-bond donors (Lipinski definition) is 0. The van der Waals surface area contributed by atoms with E-state index < -0.39 is 5.91 Å². The van der Waals surface area contributed by atoms with Crippen LogP contribution in [0.15, 0.2) is 35.3 Å². The number of carbonyl (C=O) groups excluding carboxylic acids is 2. The summed E-state index contributed by atoms with van der Waals surface area (Å²) in [4.78, 5) is 23.6. The van der Waals surface area contributed by atoms with E-state index >= 15 is 0 Å². The Balaban J connectivity index is 2.29. The van der Waals surface area contributed by atoms with Gasteiger partial charge in [0.15, 0.2) is 0 Å². The lowest BCUT2D eigenvalue weighted by molar-refractivity contribution is -0.117. The molecule has 0 saturated carbocycles. The molecule has 72 valence electrons. The summed E-state index contributed by atoms with van der Waals surface area (Å²) in [5, 5.41) is 0. The molecule has 0 aromatic heterocycles. The highest BCUT2D eigenvalue weighted by atomic mass is 16.2. The molecule has 0 aliphatic rings. The molecular weight excluding hydrogens is 178 g/mol. The zero-order valence-electron chi connectivity index (χ0n) is 7.77. The van der Waals surface area contributed by atoms with Crippen LogP contribution in [0.1, 0.15) is 18.4 Å². The van der Waals surface area contributed by atoms with Crippen LogP contribution in [0.4, 0.5) is 0 Å². The molecule has 0 fully saturated rings. The van der Waals surface area contributed by atoms with E-state index in [2.05, 4.69) is 4.99 Å². The predicted octanol–water partition coefficient (Wildman–Crippen LogP) is 1.87. The maximum Gasteiger partial charge on any atom is 0.256 e. The topological polar surface area (TPSA) is 46.5 Å². The lowest BCUT2D eigenvalue weighted by Gasteiger charge is -1.97. The maximum atomic E-state index is 10.8. The van der Waals surface area contributed by atoms with Gasteiger partial charge in [0.05, 0.1) is 0 Å². The summed E-state index contributed by atoms with van der Waals surface area (Å²) in [5.41, 5.74) is 1.19. The van der Waals surface area contributed by atoms with Crippen LogP contribution in [0.5, 0.6) is 0 Å². The number of isocyanates is 1. The Bertz CT molecular complexity index is 340. The molecule has 14 heavy (non-hydrogen) atoms. The first kappa shape index (κ1) is 10.4. The fourth-order valence-corrected chi connectivity index (χ4v) is 1.20. The van der Waals surface area contributed by atoms with Crippen LogP contribution in [0.25, 0.3) is 0 Å².